The number of amides is 1. The highest BCUT2D eigenvalue weighted by atomic mass is 16.5. The fourth-order valence-corrected chi connectivity index (χ4v) is 2.33. The lowest BCUT2D eigenvalue weighted by Gasteiger charge is -2.27. The number of nitrogens with zero attached hydrogens (tertiary/aromatic N) is 1. The Kier molecular flexibility index (Phi) is 8.97. The van der Waals surface area contributed by atoms with Crippen LogP contribution in [0.3, 0.4) is 0 Å². The van der Waals surface area contributed by atoms with Crippen LogP contribution in [0.4, 0.5) is 11.4 Å². The minimum absolute atomic E-state index is 0.146. The minimum Gasteiger partial charge on any atom is -0.492 e. The molecule has 0 spiro atoms. The summed E-state index contributed by atoms with van der Waals surface area (Å²) in [6.07, 6.45) is 0.293. The summed E-state index contributed by atoms with van der Waals surface area (Å²) in [5.41, 5.74) is 1.27. The highest BCUT2D eigenvalue weighted by Gasteiger charge is 2.17. The van der Waals surface area contributed by atoms with E-state index in [0.717, 1.165) is 0 Å². The molecule has 1 aromatic rings. The van der Waals surface area contributed by atoms with Gasteiger partial charge in [0.15, 0.2) is 0 Å². The van der Waals surface area contributed by atoms with Crippen LogP contribution in [0.25, 0.3) is 0 Å². The van der Waals surface area contributed by atoms with Crippen molar-refractivity contribution >= 4 is 29.2 Å². The summed E-state index contributed by atoms with van der Waals surface area (Å²) in [7, 11) is 2.65. The Hall–Kier alpha value is -2.77. The van der Waals surface area contributed by atoms with E-state index in [-0.39, 0.29) is 30.7 Å². The van der Waals surface area contributed by atoms with Crippen molar-refractivity contribution in [3.63, 3.8) is 0 Å². The number of hydrogen-bond donors (Lipinski definition) is 1. The van der Waals surface area contributed by atoms with Gasteiger partial charge in [-0.25, -0.2) is 0 Å². The van der Waals surface area contributed by atoms with Crippen molar-refractivity contribution in [1.29, 1.82) is 0 Å². The molecule has 0 fully saturated rings. The van der Waals surface area contributed by atoms with Crippen molar-refractivity contribution in [2.45, 2.75) is 26.7 Å². The Balaban J connectivity index is 3.13. The van der Waals surface area contributed by atoms with Crippen molar-refractivity contribution in [2.24, 2.45) is 0 Å². The van der Waals surface area contributed by atoms with Gasteiger partial charge < -0.3 is 24.4 Å². The van der Waals surface area contributed by atoms with Crippen LogP contribution in [0, 0.1) is 0 Å². The molecule has 8 nitrogen and oxygen atoms in total. The summed E-state index contributed by atoms with van der Waals surface area (Å²) in [6.45, 7) is 4.38. The third-order valence-electron chi connectivity index (χ3n) is 3.55. The number of ether oxygens (including phenoxy) is 3. The number of anilines is 2. The molecule has 144 valence electrons. The fraction of sp³-hybridized carbons (Fsp3) is 0.500. The predicted molar refractivity (Wildman–Crippen MR) is 97.4 cm³/mol. The second kappa shape index (κ2) is 11.0. The summed E-state index contributed by atoms with van der Waals surface area (Å²) in [5.74, 6) is -0.319. The molecule has 0 unspecified atom stereocenters. The second-order valence-corrected chi connectivity index (χ2v) is 5.44. The van der Waals surface area contributed by atoms with E-state index >= 15 is 0 Å². The maximum atomic E-state index is 11.5. The van der Waals surface area contributed by atoms with Gasteiger partial charge >= 0.3 is 11.9 Å². The summed E-state index contributed by atoms with van der Waals surface area (Å²) in [4.78, 5) is 36.2. The zero-order valence-electron chi connectivity index (χ0n) is 15.7. The van der Waals surface area contributed by atoms with E-state index in [9.17, 15) is 14.4 Å². The second-order valence-electron chi connectivity index (χ2n) is 5.44. The van der Waals surface area contributed by atoms with E-state index in [0.29, 0.717) is 36.8 Å². The fourth-order valence-electron chi connectivity index (χ4n) is 2.33. The van der Waals surface area contributed by atoms with Gasteiger partial charge in [0.2, 0.25) is 5.91 Å². The van der Waals surface area contributed by atoms with Crippen LogP contribution in [0.5, 0.6) is 5.75 Å². The van der Waals surface area contributed by atoms with Gasteiger partial charge in [-0.3, -0.25) is 14.4 Å². The lowest BCUT2D eigenvalue weighted by molar-refractivity contribution is -0.140. The monoisotopic (exact) mass is 366 g/mol. The van der Waals surface area contributed by atoms with Crippen molar-refractivity contribution in [3.05, 3.63) is 18.2 Å². The van der Waals surface area contributed by atoms with Crippen LogP contribution < -0.4 is 15.0 Å². The molecular weight excluding hydrogens is 340 g/mol. The molecule has 0 aliphatic rings. The quantitative estimate of drug-likeness (QED) is 0.633. The summed E-state index contributed by atoms with van der Waals surface area (Å²) in [6, 6.07) is 5.23. The van der Waals surface area contributed by atoms with E-state index in [1.807, 2.05) is 11.8 Å². The molecule has 0 aliphatic heterocycles. The first-order valence-electron chi connectivity index (χ1n) is 8.34. The average Bonchev–Trinajstić information content (AvgIpc) is 2.62. The Morgan fingerprint density at radius 2 is 1.62 bits per heavy atom. The molecule has 1 rings (SSSR count). The Morgan fingerprint density at radius 1 is 1.04 bits per heavy atom. The van der Waals surface area contributed by atoms with Crippen molar-refractivity contribution in [3.8, 4) is 5.75 Å². The van der Waals surface area contributed by atoms with Crippen molar-refractivity contribution in [1.82, 2.24) is 0 Å². The number of benzene rings is 1. The Labute approximate surface area is 153 Å². The third kappa shape index (κ3) is 7.00. The highest BCUT2D eigenvalue weighted by Crippen LogP contribution is 2.32. The van der Waals surface area contributed by atoms with Gasteiger partial charge in [0, 0.05) is 25.7 Å². The number of rotatable bonds is 10. The lowest BCUT2D eigenvalue weighted by atomic mass is 10.2. The molecule has 0 saturated heterocycles. The molecule has 0 saturated carbocycles. The number of hydrogen-bond acceptors (Lipinski definition) is 7. The van der Waals surface area contributed by atoms with Crippen molar-refractivity contribution in [2.75, 3.05) is 44.1 Å². The SMILES string of the molecule is CCOc1ccc(NC(C)=O)cc1N(CCC(=O)OC)CCC(=O)OC. The number of nitrogens with one attached hydrogen (secondary N) is 1. The van der Waals surface area contributed by atoms with Crippen LogP contribution in [-0.2, 0) is 23.9 Å². The van der Waals surface area contributed by atoms with Crippen LogP contribution in [0.2, 0.25) is 0 Å². The Morgan fingerprint density at radius 3 is 2.08 bits per heavy atom. The minimum atomic E-state index is -0.357. The maximum Gasteiger partial charge on any atom is 0.307 e. The van der Waals surface area contributed by atoms with Crippen LogP contribution >= 0.6 is 0 Å². The molecule has 0 radical (unpaired) electrons. The van der Waals surface area contributed by atoms with E-state index in [2.05, 4.69) is 5.32 Å². The zero-order valence-corrected chi connectivity index (χ0v) is 15.7. The van der Waals surface area contributed by atoms with E-state index in [1.165, 1.54) is 21.1 Å². The third-order valence-corrected chi connectivity index (χ3v) is 3.55. The molecule has 0 aromatic heterocycles. The van der Waals surface area contributed by atoms with Gasteiger partial charge in [0.1, 0.15) is 5.75 Å². The number of carbonyl (C=O) groups excluding carboxylic acids is 3. The molecule has 0 heterocycles. The topological polar surface area (TPSA) is 94.2 Å². The highest BCUT2D eigenvalue weighted by molar-refractivity contribution is 5.89. The van der Waals surface area contributed by atoms with Gasteiger partial charge in [-0.05, 0) is 25.1 Å². The van der Waals surface area contributed by atoms with Gasteiger partial charge in [0.05, 0.1) is 39.4 Å². The molecule has 0 atom stereocenters. The van der Waals surface area contributed by atoms with Gasteiger partial charge in [0.25, 0.3) is 0 Å². The first kappa shape index (κ1) is 21.3. The molecule has 0 aliphatic carbocycles. The summed E-state index contributed by atoms with van der Waals surface area (Å²) >= 11 is 0. The molecule has 8 heteroatoms. The van der Waals surface area contributed by atoms with Gasteiger partial charge in [-0.2, -0.15) is 0 Å². The number of methoxy groups -OCH3 is 2. The Bertz CT molecular complexity index is 612. The summed E-state index contributed by atoms with van der Waals surface area (Å²) < 4.78 is 15.0. The summed E-state index contributed by atoms with van der Waals surface area (Å²) in [5, 5.41) is 2.72. The molecule has 1 aromatic carbocycles. The number of carbonyl (C=O) groups is 3. The molecular formula is C18H26N2O6. The first-order chi connectivity index (χ1) is 12.4. The molecule has 26 heavy (non-hydrogen) atoms. The van der Waals surface area contributed by atoms with Gasteiger partial charge in [-0.15, -0.1) is 0 Å². The van der Waals surface area contributed by atoms with Crippen LogP contribution in [-0.4, -0.2) is 51.8 Å². The maximum absolute atomic E-state index is 11.5. The smallest absolute Gasteiger partial charge is 0.307 e. The standard InChI is InChI=1S/C18H26N2O6/c1-5-26-16-7-6-14(19-13(2)21)12-15(16)20(10-8-17(22)24-3)11-9-18(23)25-4/h6-7,12H,5,8-11H2,1-4H3,(H,19,21). The molecule has 0 bridgehead atoms. The van der Waals surface area contributed by atoms with Crippen LogP contribution in [0.1, 0.15) is 26.7 Å². The zero-order chi connectivity index (χ0) is 19.5. The molecule has 1 amide bonds. The first-order valence-corrected chi connectivity index (χ1v) is 8.34. The normalized spacial score (nSPS) is 10.0. The number of esters is 2. The predicted octanol–water partition coefficient (Wildman–Crippen LogP) is 1.98. The average molecular weight is 366 g/mol. The van der Waals surface area contributed by atoms with Crippen molar-refractivity contribution < 1.29 is 28.6 Å². The van der Waals surface area contributed by atoms with Gasteiger partial charge in [-0.1, -0.05) is 0 Å². The van der Waals surface area contributed by atoms with E-state index < -0.39 is 0 Å². The van der Waals surface area contributed by atoms with E-state index in [4.69, 9.17) is 14.2 Å². The molecule has 1 N–H and O–H groups in total. The lowest BCUT2D eigenvalue weighted by Crippen LogP contribution is -2.30. The van der Waals surface area contributed by atoms with Crippen LogP contribution in [0.15, 0.2) is 18.2 Å². The van der Waals surface area contributed by atoms with E-state index in [1.54, 1.807) is 18.2 Å². The largest absolute Gasteiger partial charge is 0.492 e.